The Labute approximate surface area is 152 Å². The molecule has 0 saturated carbocycles. The Hall–Kier alpha value is -4.07. The van der Waals surface area contributed by atoms with E-state index < -0.39 is 5.91 Å². The third kappa shape index (κ3) is 3.23. The van der Waals surface area contributed by atoms with Gasteiger partial charge in [-0.15, -0.1) is 0 Å². The summed E-state index contributed by atoms with van der Waals surface area (Å²) in [5.74, 6) is -0.489. The van der Waals surface area contributed by atoms with Crippen LogP contribution < -0.4 is 10.4 Å². The summed E-state index contributed by atoms with van der Waals surface area (Å²) in [5, 5.41) is 15.6. The molecule has 0 bridgehead atoms. The van der Waals surface area contributed by atoms with Gasteiger partial charge in [-0.05, 0) is 24.3 Å². The van der Waals surface area contributed by atoms with Crippen molar-refractivity contribution in [1.82, 2.24) is 15.4 Å². The maximum absolute atomic E-state index is 12.7. The SMILES string of the molecule is O=C(c1cn[nH]n1)N(N=Cc1coc2ccccc2c1=O)c1ccccc1. The van der Waals surface area contributed by atoms with Gasteiger partial charge >= 0.3 is 5.91 Å². The van der Waals surface area contributed by atoms with Crippen molar-refractivity contribution in [2.24, 2.45) is 5.10 Å². The van der Waals surface area contributed by atoms with Gasteiger partial charge in [0.05, 0.1) is 29.0 Å². The second-order valence-electron chi connectivity index (χ2n) is 5.57. The molecule has 0 aliphatic heterocycles. The molecule has 2 aromatic heterocycles. The number of aromatic nitrogens is 3. The zero-order valence-electron chi connectivity index (χ0n) is 13.9. The highest BCUT2D eigenvalue weighted by molar-refractivity contribution is 6.05. The molecule has 4 rings (SSSR count). The Bertz CT molecular complexity index is 1170. The first-order valence-electron chi connectivity index (χ1n) is 8.04. The lowest BCUT2D eigenvalue weighted by atomic mass is 10.2. The highest BCUT2D eigenvalue weighted by Crippen LogP contribution is 2.16. The summed E-state index contributed by atoms with van der Waals surface area (Å²) in [5.41, 5.74) is 1.09. The summed E-state index contributed by atoms with van der Waals surface area (Å²) in [6.45, 7) is 0. The van der Waals surface area contributed by atoms with Crippen molar-refractivity contribution < 1.29 is 9.21 Å². The molecule has 2 heterocycles. The molecule has 0 aliphatic rings. The van der Waals surface area contributed by atoms with Crippen LogP contribution >= 0.6 is 0 Å². The molecule has 0 fully saturated rings. The number of anilines is 1. The lowest BCUT2D eigenvalue weighted by molar-refractivity contribution is 0.0983. The lowest BCUT2D eigenvalue weighted by Crippen LogP contribution is -2.26. The van der Waals surface area contributed by atoms with E-state index >= 15 is 0 Å². The Balaban J connectivity index is 1.75. The number of nitrogens with one attached hydrogen (secondary N) is 1. The van der Waals surface area contributed by atoms with Crippen molar-refractivity contribution in [3.63, 3.8) is 0 Å². The topological polar surface area (TPSA) is 104 Å². The van der Waals surface area contributed by atoms with Gasteiger partial charge in [0.1, 0.15) is 11.8 Å². The predicted octanol–water partition coefficient (Wildman–Crippen LogP) is 2.59. The van der Waals surface area contributed by atoms with Gasteiger partial charge in [-0.2, -0.15) is 25.5 Å². The van der Waals surface area contributed by atoms with Crippen molar-refractivity contribution in [2.45, 2.75) is 0 Å². The van der Waals surface area contributed by atoms with Crippen LogP contribution in [0.15, 0.2) is 81.4 Å². The average Bonchev–Trinajstić information content (AvgIpc) is 3.25. The van der Waals surface area contributed by atoms with Crippen LogP contribution in [0.1, 0.15) is 16.1 Å². The summed E-state index contributed by atoms with van der Waals surface area (Å²) in [6, 6.07) is 15.7. The highest BCUT2D eigenvalue weighted by atomic mass is 16.3. The van der Waals surface area contributed by atoms with Gasteiger partial charge in [0.2, 0.25) is 5.43 Å². The van der Waals surface area contributed by atoms with E-state index in [0.29, 0.717) is 16.7 Å². The number of rotatable bonds is 4. The van der Waals surface area contributed by atoms with Crippen LogP contribution in [-0.4, -0.2) is 27.5 Å². The van der Waals surface area contributed by atoms with E-state index in [0.717, 1.165) is 5.01 Å². The number of aromatic amines is 1. The molecule has 0 saturated heterocycles. The quantitative estimate of drug-likeness (QED) is 0.445. The number of hydrogen-bond acceptors (Lipinski definition) is 6. The number of benzene rings is 2. The fraction of sp³-hybridized carbons (Fsp3) is 0. The normalized spacial score (nSPS) is 11.1. The summed E-state index contributed by atoms with van der Waals surface area (Å²) < 4.78 is 5.47. The molecule has 0 unspecified atom stereocenters. The number of carbonyl (C=O) groups excluding carboxylic acids is 1. The van der Waals surface area contributed by atoms with Crippen LogP contribution in [0, 0.1) is 0 Å². The molecular formula is C19H13N5O3. The first kappa shape index (κ1) is 16.4. The number of hydrazone groups is 1. The van der Waals surface area contributed by atoms with Crippen LogP contribution in [0.3, 0.4) is 0 Å². The van der Waals surface area contributed by atoms with Crippen molar-refractivity contribution in [3.05, 3.63) is 88.5 Å². The Morgan fingerprint density at radius 2 is 1.89 bits per heavy atom. The molecule has 1 amide bonds. The van der Waals surface area contributed by atoms with Crippen LogP contribution in [0.5, 0.6) is 0 Å². The second-order valence-corrected chi connectivity index (χ2v) is 5.57. The fourth-order valence-corrected chi connectivity index (χ4v) is 2.52. The van der Waals surface area contributed by atoms with Crippen LogP contribution in [-0.2, 0) is 0 Å². The molecule has 27 heavy (non-hydrogen) atoms. The average molecular weight is 359 g/mol. The number of fused-ring (bicyclic) bond motifs is 1. The standard InChI is InChI=1S/C19H13N5O3/c25-18-13(12-27-17-9-5-4-8-15(17)18)10-21-24(14-6-2-1-3-7-14)19(26)16-11-20-23-22-16/h1-12H,(H,20,22,23). The monoisotopic (exact) mass is 359 g/mol. The van der Waals surface area contributed by atoms with E-state index in [1.807, 2.05) is 6.07 Å². The lowest BCUT2D eigenvalue weighted by Gasteiger charge is -2.15. The summed E-state index contributed by atoms with van der Waals surface area (Å²) in [7, 11) is 0. The number of H-pyrrole nitrogens is 1. The summed E-state index contributed by atoms with van der Waals surface area (Å²) >= 11 is 0. The molecule has 0 atom stereocenters. The minimum Gasteiger partial charge on any atom is -0.463 e. The van der Waals surface area contributed by atoms with Gasteiger partial charge < -0.3 is 4.42 Å². The van der Waals surface area contributed by atoms with Gasteiger partial charge in [-0.3, -0.25) is 9.59 Å². The van der Waals surface area contributed by atoms with Crippen LogP contribution in [0.25, 0.3) is 11.0 Å². The number of hydrogen-bond donors (Lipinski definition) is 1. The van der Waals surface area contributed by atoms with Crippen molar-refractivity contribution in [2.75, 3.05) is 5.01 Å². The molecule has 0 radical (unpaired) electrons. The maximum atomic E-state index is 12.7. The Kier molecular flexibility index (Phi) is 4.28. The Morgan fingerprint density at radius 3 is 2.67 bits per heavy atom. The second kappa shape index (κ2) is 7.04. The van der Waals surface area contributed by atoms with E-state index in [4.69, 9.17) is 4.42 Å². The number of carbonyl (C=O) groups is 1. The van der Waals surface area contributed by atoms with Crippen LogP contribution in [0.4, 0.5) is 5.69 Å². The largest absolute Gasteiger partial charge is 0.463 e. The van der Waals surface area contributed by atoms with E-state index in [1.54, 1.807) is 48.5 Å². The van der Waals surface area contributed by atoms with Gasteiger partial charge in [-0.1, -0.05) is 30.3 Å². The third-order valence-electron chi connectivity index (χ3n) is 3.85. The van der Waals surface area contributed by atoms with Gasteiger partial charge in [0.25, 0.3) is 0 Å². The van der Waals surface area contributed by atoms with Crippen molar-refractivity contribution >= 4 is 28.8 Å². The Morgan fingerprint density at radius 1 is 1.11 bits per heavy atom. The first-order chi connectivity index (χ1) is 13.2. The predicted molar refractivity (Wildman–Crippen MR) is 99.7 cm³/mol. The summed E-state index contributed by atoms with van der Waals surface area (Å²) in [4.78, 5) is 25.3. The molecular weight excluding hydrogens is 346 g/mol. The molecule has 4 aromatic rings. The molecule has 132 valence electrons. The van der Waals surface area contributed by atoms with E-state index in [1.165, 1.54) is 18.7 Å². The fourth-order valence-electron chi connectivity index (χ4n) is 2.52. The molecule has 1 N–H and O–H groups in total. The first-order valence-corrected chi connectivity index (χ1v) is 8.04. The number of nitrogens with zero attached hydrogens (tertiary/aromatic N) is 4. The number of amides is 1. The molecule has 8 heteroatoms. The van der Waals surface area contributed by atoms with Crippen molar-refractivity contribution in [3.8, 4) is 0 Å². The van der Waals surface area contributed by atoms with Gasteiger partial charge in [-0.25, -0.2) is 0 Å². The van der Waals surface area contributed by atoms with Gasteiger partial charge in [0.15, 0.2) is 5.69 Å². The zero-order chi connectivity index (χ0) is 18.6. The van der Waals surface area contributed by atoms with Crippen LogP contribution in [0.2, 0.25) is 0 Å². The smallest absolute Gasteiger partial charge is 0.300 e. The minimum absolute atomic E-state index is 0.0987. The van der Waals surface area contributed by atoms with E-state index in [9.17, 15) is 9.59 Å². The minimum atomic E-state index is -0.489. The van der Waals surface area contributed by atoms with Crippen molar-refractivity contribution in [1.29, 1.82) is 0 Å². The summed E-state index contributed by atoms with van der Waals surface area (Å²) in [6.07, 6.45) is 3.92. The van der Waals surface area contributed by atoms with E-state index in [2.05, 4.69) is 20.5 Å². The number of para-hydroxylation sites is 2. The third-order valence-corrected chi connectivity index (χ3v) is 3.85. The van der Waals surface area contributed by atoms with Gasteiger partial charge in [0, 0.05) is 0 Å². The maximum Gasteiger partial charge on any atom is 0.300 e. The molecule has 0 spiro atoms. The van der Waals surface area contributed by atoms with E-state index in [-0.39, 0.29) is 16.7 Å². The molecule has 8 nitrogen and oxygen atoms in total. The highest BCUT2D eigenvalue weighted by Gasteiger charge is 2.19. The molecule has 0 aliphatic carbocycles. The zero-order valence-corrected chi connectivity index (χ0v) is 13.9. The molecule has 2 aromatic carbocycles.